The van der Waals surface area contributed by atoms with Gasteiger partial charge in [0.25, 0.3) is 0 Å². The molecule has 0 aliphatic rings. The fourth-order valence-corrected chi connectivity index (χ4v) is 1.31. The van der Waals surface area contributed by atoms with Gasteiger partial charge in [0.1, 0.15) is 0 Å². The lowest BCUT2D eigenvalue weighted by molar-refractivity contribution is 0.106. The van der Waals surface area contributed by atoms with Crippen molar-refractivity contribution in [3.63, 3.8) is 0 Å². The highest BCUT2D eigenvalue weighted by Gasteiger charge is 2.14. The third-order valence-electron chi connectivity index (χ3n) is 2.58. The van der Waals surface area contributed by atoms with E-state index in [4.69, 9.17) is 4.74 Å². The molecule has 0 saturated heterocycles. The van der Waals surface area contributed by atoms with Crippen molar-refractivity contribution in [3.05, 3.63) is 11.4 Å². The molecule has 0 aliphatic carbocycles. The Labute approximate surface area is 85.0 Å². The van der Waals surface area contributed by atoms with E-state index in [0.717, 1.165) is 17.1 Å². The molecule has 1 aromatic heterocycles. The Bertz CT molecular complexity index is 276. The van der Waals surface area contributed by atoms with E-state index >= 15 is 0 Å². The molecular formula is C10H19N3O. The first-order chi connectivity index (χ1) is 6.56. The van der Waals surface area contributed by atoms with Gasteiger partial charge >= 0.3 is 0 Å². The lowest BCUT2D eigenvalue weighted by atomic mass is 10.2. The van der Waals surface area contributed by atoms with Gasteiger partial charge in [-0.2, -0.15) is 5.10 Å². The van der Waals surface area contributed by atoms with Gasteiger partial charge in [-0.25, -0.2) is 0 Å². The quantitative estimate of drug-likeness (QED) is 0.774. The predicted octanol–water partition coefficient (Wildman–Crippen LogP) is 1.86. The summed E-state index contributed by atoms with van der Waals surface area (Å²) in [5.74, 6) is 0. The number of ether oxygens (including phenoxy) is 1. The number of nitrogens with zero attached hydrogens (tertiary/aromatic N) is 1. The lowest BCUT2D eigenvalue weighted by Crippen LogP contribution is -2.30. The Morgan fingerprint density at radius 3 is 2.43 bits per heavy atom. The van der Waals surface area contributed by atoms with Gasteiger partial charge < -0.3 is 10.1 Å². The highest BCUT2D eigenvalue weighted by molar-refractivity contribution is 5.52. The van der Waals surface area contributed by atoms with E-state index in [-0.39, 0.29) is 12.1 Å². The number of hydrogen-bond donors (Lipinski definition) is 2. The van der Waals surface area contributed by atoms with Crippen LogP contribution in [0.4, 0.5) is 5.69 Å². The number of nitrogens with one attached hydrogen (secondary N) is 2. The van der Waals surface area contributed by atoms with E-state index < -0.39 is 0 Å². The van der Waals surface area contributed by atoms with Gasteiger partial charge in [0.2, 0.25) is 0 Å². The molecule has 4 heteroatoms. The molecule has 0 spiro atoms. The maximum absolute atomic E-state index is 5.25. The molecule has 1 heterocycles. The summed E-state index contributed by atoms with van der Waals surface area (Å²) < 4.78 is 5.25. The maximum atomic E-state index is 5.25. The molecule has 4 nitrogen and oxygen atoms in total. The van der Waals surface area contributed by atoms with Crippen LogP contribution in [0.3, 0.4) is 0 Å². The van der Waals surface area contributed by atoms with E-state index in [2.05, 4.69) is 22.4 Å². The Hall–Kier alpha value is -1.03. The summed E-state index contributed by atoms with van der Waals surface area (Å²) in [5.41, 5.74) is 3.15. The Morgan fingerprint density at radius 1 is 1.36 bits per heavy atom. The van der Waals surface area contributed by atoms with E-state index in [1.807, 2.05) is 20.8 Å². The Kier molecular flexibility index (Phi) is 3.52. The number of aryl methyl sites for hydroxylation is 2. The molecule has 0 amide bonds. The van der Waals surface area contributed by atoms with Gasteiger partial charge in [-0.15, -0.1) is 0 Å². The number of H-pyrrole nitrogens is 1. The molecule has 0 aromatic carbocycles. The second kappa shape index (κ2) is 4.46. The molecule has 1 aromatic rings. The van der Waals surface area contributed by atoms with Crippen molar-refractivity contribution in [3.8, 4) is 0 Å². The zero-order valence-corrected chi connectivity index (χ0v) is 9.51. The van der Waals surface area contributed by atoms with Crippen molar-refractivity contribution < 1.29 is 4.74 Å². The average Bonchev–Trinajstić information content (AvgIpc) is 2.48. The van der Waals surface area contributed by atoms with Crippen LogP contribution in [0.5, 0.6) is 0 Å². The van der Waals surface area contributed by atoms with Gasteiger partial charge in [0, 0.05) is 13.2 Å². The summed E-state index contributed by atoms with van der Waals surface area (Å²) in [5, 5.41) is 10.5. The summed E-state index contributed by atoms with van der Waals surface area (Å²) in [6.07, 6.45) is 0.184. The summed E-state index contributed by atoms with van der Waals surface area (Å²) >= 11 is 0. The summed E-state index contributed by atoms with van der Waals surface area (Å²) in [4.78, 5) is 0. The molecule has 2 unspecified atom stereocenters. The average molecular weight is 197 g/mol. The number of hydrogen-bond acceptors (Lipinski definition) is 3. The highest BCUT2D eigenvalue weighted by Crippen LogP contribution is 2.18. The SMILES string of the molecule is COC(C)C(C)Nc1c(C)n[nH]c1C. The first kappa shape index (κ1) is 11.0. The van der Waals surface area contributed by atoms with E-state index in [9.17, 15) is 0 Å². The summed E-state index contributed by atoms with van der Waals surface area (Å²) in [6.45, 7) is 8.13. The molecule has 2 atom stereocenters. The molecule has 0 fully saturated rings. The molecule has 14 heavy (non-hydrogen) atoms. The second-order valence-electron chi connectivity index (χ2n) is 3.68. The van der Waals surface area contributed by atoms with Crippen LogP contribution in [-0.4, -0.2) is 29.5 Å². The lowest BCUT2D eigenvalue weighted by Gasteiger charge is -2.21. The third kappa shape index (κ3) is 2.26. The van der Waals surface area contributed by atoms with E-state index in [0.29, 0.717) is 0 Å². The van der Waals surface area contributed by atoms with Gasteiger partial charge in [-0.3, -0.25) is 5.10 Å². The van der Waals surface area contributed by atoms with Crippen LogP contribution in [0, 0.1) is 13.8 Å². The van der Waals surface area contributed by atoms with Crippen molar-refractivity contribution in [1.82, 2.24) is 10.2 Å². The highest BCUT2D eigenvalue weighted by atomic mass is 16.5. The molecule has 0 aliphatic heterocycles. The minimum absolute atomic E-state index is 0.184. The van der Waals surface area contributed by atoms with Crippen LogP contribution in [0.1, 0.15) is 25.2 Å². The van der Waals surface area contributed by atoms with Crippen molar-refractivity contribution in [2.24, 2.45) is 0 Å². The van der Waals surface area contributed by atoms with Gasteiger partial charge in [0.15, 0.2) is 0 Å². The largest absolute Gasteiger partial charge is 0.380 e. The summed E-state index contributed by atoms with van der Waals surface area (Å²) in [7, 11) is 1.72. The maximum Gasteiger partial charge on any atom is 0.0825 e. The molecule has 2 N–H and O–H groups in total. The second-order valence-corrected chi connectivity index (χ2v) is 3.68. The monoisotopic (exact) mass is 197 g/mol. The van der Waals surface area contributed by atoms with Gasteiger partial charge in [0.05, 0.1) is 23.2 Å². The molecule has 0 saturated carbocycles. The molecule has 0 radical (unpaired) electrons. The number of methoxy groups -OCH3 is 1. The van der Waals surface area contributed by atoms with Gasteiger partial charge in [-0.1, -0.05) is 0 Å². The van der Waals surface area contributed by atoms with E-state index in [1.165, 1.54) is 0 Å². The van der Waals surface area contributed by atoms with Gasteiger partial charge in [-0.05, 0) is 27.7 Å². The number of rotatable bonds is 4. The van der Waals surface area contributed by atoms with Crippen LogP contribution >= 0.6 is 0 Å². The minimum Gasteiger partial charge on any atom is -0.380 e. The van der Waals surface area contributed by atoms with Crippen molar-refractivity contribution >= 4 is 5.69 Å². The fraction of sp³-hybridized carbons (Fsp3) is 0.700. The van der Waals surface area contributed by atoms with Crippen LogP contribution in [0.25, 0.3) is 0 Å². The van der Waals surface area contributed by atoms with Crippen LogP contribution in [-0.2, 0) is 4.74 Å². The zero-order valence-electron chi connectivity index (χ0n) is 9.51. The van der Waals surface area contributed by atoms with Crippen LogP contribution < -0.4 is 5.32 Å². The molecule has 0 bridgehead atoms. The van der Waals surface area contributed by atoms with Crippen molar-refractivity contribution in [1.29, 1.82) is 0 Å². The molecular weight excluding hydrogens is 178 g/mol. The Balaban J connectivity index is 2.68. The van der Waals surface area contributed by atoms with Crippen molar-refractivity contribution in [2.75, 3.05) is 12.4 Å². The topological polar surface area (TPSA) is 49.9 Å². The third-order valence-corrected chi connectivity index (χ3v) is 2.58. The smallest absolute Gasteiger partial charge is 0.0825 e. The molecule has 1 rings (SSSR count). The molecule has 80 valence electrons. The number of aromatic nitrogens is 2. The zero-order chi connectivity index (χ0) is 10.7. The van der Waals surface area contributed by atoms with Crippen LogP contribution in [0.2, 0.25) is 0 Å². The normalized spacial score (nSPS) is 15.2. The predicted molar refractivity (Wildman–Crippen MR) is 57.6 cm³/mol. The standard InChI is InChI=1S/C10H19N3O/c1-6(9(4)14-5)11-10-7(2)12-13-8(10)3/h6,9,11H,1-5H3,(H,12,13). The van der Waals surface area contributed by atoms with Crippen LogP contribution in [0.15, 0.2) is 0 Å². The van der Waals surface area contributed by atoms with E-state index in [1.54, 1.807) is 7.11 Å². The fourth-order valence-electron chi connectivity index (χ4n) is 1.31. The first-order valence-corrected chi connectivity index (χ1v) is 4.87. The Morgan fingerprint density at radius 2 is 2.00 bits per heavy atom. The van der Waals surface area contributed by atoms with Crippen molar-refractivity contribution in [2.45, 2.75) is 39.8 Å². The summed E-state index contributed by atoms with van der Waals surface area (Å²) in [6, 6.07) is 0.273. The number of anilines is 1. The number of aromatic amines is 1. The first-order valence-electron chi connectivity index (χ1n) is 4.87. The minimum atomic E-state index is 0.184.